The lowest BCUT2D eigenvalue weighted by molar-refractivity contribution is -0.142. The highest BCUT2D eigenvalue weighted by Crippen LogP contribution is 2.63. The van der Waals surface area contributed by atoms with Crippen LogP contribution in [0.1, 0.15) is 49.1 Å². The summed E-state index contributed by atoms with van der Waals surface area (Å²) in [6.45, 7) is 0.716. The van der Waals surface area contributed by atoms with Gasteiger partial charge in [0.05, 0.1) is 6.42 Å². The van der Waals surface area contributed by atoms with Crippen molar-refractivity contribution in [2.75, 3.05) is 20.2 Å². The van der Waals surface area contributed by atoms with Crippen LogP contribution in [0.2, 0.25) is 0 Å². The fourth-order valence-corrected chi connectivity index (χ4v) is 6.09. The van der Waals surface area contributed by atoms with Crippen molar-refractivity contribution in [3.63, 3.8) is 0 Å². The molecule has 2 saturated carbocycles. The van der Waals surface area contributed by atoms with E-state index in [1.54, 1.807) is 11.9 Å². The number of rotatable bonds is 8. The number of hydrogen-bond donors (Lipinski definition) is 2. The van der Waals surface area contributed by atoms with Crippen molar-refractivity contribution in [3.05, 3.63) is 59.7 Å². The summed E-state index contributed by atoms with van der Waals surface area (Å²) in [4.78, 5) is 38.7. The van der Waals surface area contributed by atoms with E-state index < -0.39 is 24.5 Å². The Morgan fingerprint density at radius 1 is 1.12 bits per heavy atom. The van der Waals surface area contributed by atoms with Gasteiger partial charge in [0, 0.05) is 19.5 Å². The summed E-state index contributed by atoms with van der Waals surface area (Å²) in [7, 11) is 1.69. The maximum atomic E-state index is 13.0. The summed E-state index contributed by atoms with van der Waals surface area (Å²) in [6.07, 6.45) is 3.37. The molecule has 5 rings (SSSR count). The molecule has 3 atom stereocenters. The Bertz CT molecular complexity index is 1090. The molecule has 7 heteroatoms. The fourth-order valence-electron chi connectivity index (χ4n) is 6.09. The van der Waals surface area contributed by atoms with E-state index in [-0.39, 0.29) is 23.8 Å². The number of ether oxygens (including phenoxy) is 1. The predicted octanol–water partition coefficient (Wildman–Crippen LogP) is 4.02. The van der Waals surface area contributed by atoms with E-state index >= 15 is 0 Å². The van der Waals surface area contributed by atoms with Crippen LogP contribution in [0, 0.1) is 11.3 Å². The minimum Gasteiger partial charge on any atom is -0.481 e. The Balaban J connectivity index is 1.23. The molecule has 0 radical (unpaired) electrons. The molecule has 0 aliphatic heterocycles. The van der Waals surface area contributed by atoms with Crippen molar-refractivity contribution in [1.29, 1.82) is 0 Å². The topological polar surface area (TPSA) is 95.9 Å². The van der Waals surface area contributed by atoms with Crippen LogP contribution in [-0.4, -0.2) is 54.2 Å². The van der Waals surface area contributed by atoms with E-state index in [9.17, 15) is 19.5 Å². The summed E-state index contributed by atoms with van der Waals surface area (Å²) in [5, 5.41) is 11.8. The SMILES string of the molecule is CN(CC12CCCC1C2)C(=O)C(CC(=O)O)NC(=O)OCC1c2ccccc2-c2ccccc21. The highest BCUT2D eigenvalue weighted by molar-refractivity contribution is 5.89. The lowest BCUT2D eigenvalue weighted by Gasteiger charge is -2.27. The summed E-state index contributed by atoms with van der Waals surface area (Å²) >= 11 is 0. The van der Waals surface area contributed by atoms with Gasteiger partial charge < -0.3 is 20.1 Å². The maximum absolute atomic E-state index is 13.0. The van der Waals surface area contributed by atoms with Gasteiger partial charge in [-0.15, -0.1) is 0 Å². The first kappa shape index (κ1) is 22.4. The van der Waals surface area contributed by atoms with Crippen LogP contribution in [-0.2, 0) is 14.3 Å². The number of carbonyl (C=O) groups is 3. The normalized spacial score (nSPS) is 22.8. The zero-order chi connectivity index (χ0) is 23.9. The molecule has 0 heterocycles. The van der Waals surface area contributed by atoms with Gasteiger partial charge in [-0.25, -0.2) is 4.79 Å². The summed E-state index contributed by atoms with van der Waals surface area (Å²) in [6, 6.07) is 14.9. The third-order valence-corrected chi connectivity index (χ3v) is 7.83. The Morgan fingerprint density at radius 3 is 2.32 bits per heavy atom. The number of fused-ring (bicyclic) bond motifs is 4. The molecule has 2 aromatic carbocycles. The quantitative estimate of drug-likeness (QED) is 0.618. The fraction of sp³-hybridized carbons (Fsp3) is 0.444. The number of carbonyl (C=O) groups excluding carboxylic acids is 2. The minimum atomic E-state index is -1.16. The molecule has 3 unspecified atom stereocenters. The van der Waals surface area contributed by atoms with E-state index in [0.717, 1.165) is 35.1 Å². The molecule has 34 heavy (non-hydrogen) atoms. The Morgan fingerprint density at radius 2 is 1.76 bits per heavy atom. The second-order valence-corrected chi connectivity index (χ2v) is 9.97. The van der Waals surface area contributed by atoms with E-state index in [1.807, 2.05) is 36.4 Å². The van der Waals surface area contributed by atoms with Crippen LogP contribution < -0.4 is 5.32 Å². The third-order valence-electron chi connectivity index (χ3n) is 7.83. The molecule has 0 spiro atoms. The van der Waals surface area contributed by atoms with Gasteiger partial charge in [0.25, 0.3) is 0 Å². The average Bonchev–Trinajstić information content (AvgIpc) is 3.19. The van der Waals surface area contributed by atoms with Gasteiger partial charge in [-0.05, 0) is 52.8 Å². The first-order chi connectivity index (χ1) is 16.4. The van der Waals surface area contributed by atoms with Crippen LogP contribution in [0.4, 0.5) is 4.79 Å². The van der Waals surface area contributed by atoms with Gasteiger partial charge in [0.2, 0.25) is 5.91 Å². The smallest absolute Gasteiger partial charge is 0.407 e. The molecule has 2 amide bonds. The summed E-state index contributed by atoms with van der Waals surface area (Å²) in [5.74, 6) is -0.963. The number of nitrogens with one attached hydrogen (secondary N) is 1. The number of hydrogen-bond acceptors (Lipinski definition) is 4. The number of nitrogens with zero attached hydrogens (tertiary/aromatic N) is 1. The van der Waals surface area contributed by atoms with Crippen molar-refractivity contribution in [1.82, 2.24) is 10.2 Å². The van der Waals surface area contributed by atoms with Crippen molar-refractivity contribution in [3.8, 4) is 11.1 Å². The second-order valence-electron chi connectivity index (χ2n) is 9.97. The average molecular weight is 463 g/mol. The molecule has 0 bridgehead atoms. The van der Waals surface area contributed by atoms with Crippen molar-refractivity contribution >= 4 is 18.0 Å². The zero-order valence-corrected chi connectivity index (χ0v) is 19.3. The van der Waals surface area contributed by atoms with Gasteiger partial charge in [0.1, 0.15) is 12.6 Å². The Kier molecular flexibility index (Phi) is 5.80. The third kappa shape index (κ3) is 4.15. The number of amides is 2. The van der Waals surface area contributed by atoms with Gasteiger partial charge in [-0.2, -0.15) is 0 Å². The molecule has 0 saturated heterocycles. The molecule has 2 N–H and O–H groups in total. The maximum Gasteiger partial charge on any atom is 0.407 e. The van der Waals surface area contributed by atoms with E-state index in [4.69, 9.17) is 4.74 Å². The number of alkyl carbamates (subject to hydrolysis) is 1. The highest BCUT2D eigenvalue weighted by Gasteiger charge is 2.57. The summed E-state index contributed by atoms with van der Waals surface area (Å²) in [5.41, 5.74) is 4.62. The van der Waals surface area contributed by atoms with Crippen molar-refractivity contribution < 1.29 is 24.2 Å². The molecular weight excluding hydrogens is 432 g/mol. The number of likely N-dealkylation sites (N-methyl/N-ethyl adjacent to an activating group) is 1. The number of carboxylic acid groups (broad SMARTS) is 1. The highest BCUT2D eigenvalue weighted by atomic mass is 16.5. The van der Waals surface area contributed by atoms with Gasteiger partial charge in [-0.1, -0.05) is 55.0 Å². The molecule has 3 aliphatic carbocycles. The van der Waals surface area contributed by atoms with Crippen LogP contribution in [0.25, 0.3) is 11.1 Å². The van der Waals surface area contributed by atoms with Gasteiger partial charge in [-0.3, -0.25) is 9.59 Å². The summed E-state index contributed by atoms with van der Waals surface area (Å²) < 4.78 is 5.53. The molecule has 0 aromatic heterocycles. The lowest BCUT2D eigenvalue weighted by atomic mass is 9.98. The monoisotopic (exact) mass is 462 g/mol. The largest absolute Gasteiger partial charge is 0.481 e. The molecular formula is C27H30N2O5. The van der Waals surface area contributed by atoms with Crippen LogP contribution in [0.5, 0.6) is 0 Å². The first-order valence-corrected chi connectivity index (χ1v) is 12.0. The van der Waals surface area contributed by atoms with E-state index in [0.29, 0.717) is 12.5 Å². The second kappa shape index (κ2) is 8.78. The molecule has 2 aromatic rings. The Hall–Kier alpha value is -3.35. The zero-order valence-electron chi connectivity index (χ0n) is 19.3. The predicted molar refractivity (Wildman–Crippen MR) is 126 cm³/mol. The molecule has 7 nitrogen and oxygen atoms in total. The molecule has 2 fully saturated rings. The molecule has 3 aliphatic rings. The number of carboxylic acids is 1. The van der Waals surface area contributed by atoms with Crippen molar-refractivity contribution in [2.45, 2.75) is 44.1 Å². The molecule has 178 valence electrons. The van der Waals surface area contributed by atoms with Crippen molar-refractivity contribution in [2.24, 2.45) is 11.3 Å². The number of benzene rings is 2. The van der Waals surface area contributed by atoms with E-state index in [2.05, 4.69) is 17.4 Å². The minimum absolute atomic E-state index is 0.106. The Labute approximate surface area is 199 Å². The lowest BCUT2D eigenvalue weighted by Crippen LogP contribution is -2.49. The van der Waals surface area contributed by atoms with Crippen LogP contribution in [0.15, 0.2) is 48.5 Å². The van der Waals surface area contributed by atoms with E-state index in [1.165, 1.54) is 12.8 Å². The first-order valence-electron chi connectivity index (χ1n) is 12.0. The number of aliphatic carboxylic acids is 1. The van der Waals surface area contributed by atoms with Crippen LogP contribution >= 0.6 is 0 Å². The van der Waals surface area contributed by atoms with Gasteiger partial charge in [0.15, 0.2) is 0 Å². The standard InChI is InChI=1S/C27H30N2O5/c1-29(16-27-12-6-7-17(27)14-27)25(32)23(13-24(30)31)28-26(33)34-15-22-20-10-4-2-8-18(20)19-9-3-5-11-21(19)22/h2-5,8-11,17,22-23H,6-7,12-16H2,1H3,(H,28,33)(H,30,31). The van der Waals surface area contributed by atoms with Crippen LogP contribution in [0.3, 0.4) is 0 Å². The van der Waals surface area contributed by atoms with Gasteiger partial charge >= 0.3 is 12.1 Å².